The lowest BCUT2D eigenvalue weighted by Gasteiger charge is -2.18. The van der Waals surface area contributed by atoms with Crippen LogP contribution in [0.3, 0.4) is 0 Å². The number of amides is 1. The molecular weight excluding hydrogens is 220 g/mol. The second-order valence-corrected chi connectivity index (χ2v) is 5.55. The van der Waals surface area contributed by atoms with Crippen LogP contribution in [0.4, 0.5) is 5.69 Å². The fraction of sp³-hybridized carbons (Fsp3) is 0.417. The molecule has 3 nitrogen and oxygen atoms in total. The van der Waals surface area contributed by atoms with Crippen molar-refractivity contribution in [2.45, 2.75) is 24.6 Å². The summed E-state index contributed by atoms with van der Waals surface area (Å²) in [7, 11) is 0. The molecule has 0 spiro atoms. The molecule has 1 saturated heterocycles. The van der Waals surface area contributed by atoms with Gasteiger partial charge in [-0.1, -0.05) is 13.0 Å². The molecule has 1 fully saturated rings. The Labute approximate surface area is 99.8 Å². The van der Waals surface area contributed by atoms with E-state index in [1.165, 1.54) is 12.2 Å². The molecule has 1 aromatic carbocycles. The molecule has 3 N–H and O–H groups in total. The average molecular weight is 236 g/mol. The molecule has 1 aromatic rings. The maximum absolute atomic E-state index is 11.0. The minimum atomic E-state index is -0.377. The second-order valence-electron chi connectivity index (χ2n) is 4.06. The molecular formula is C12H16N2OS. The van der Waals surface area contributed by atoms with Gasteiger partial charge in [0.15, 0.2) is 0 Å². The van der Waals surface area contributed by atoms with Crippen molar-refractivity contribution >= 4 is 23.4 Å². The number of benzene rings is 1. The van der Waals surface area contributed by atoms with E-state index in [-0.39, 0.29) is 5.91 Å². The van der Waals surface area contributed by atoms with Crippen LogP contribution in [0.2, 0.25) is 0 Å². The highest BCUT2D eigenvalue weighted by atomic mass is 32.2. The molecule has 0 aliphatic carbocycles. The van der Waals surface area contributed by atoms with E-state index in [1.54, 1.807) is 6.07 Å². The first-order chi connectivity index (χ1) is 7.66. The Kier molecular flexibility index (Phi) is 3.39. The van der Waals surface area contributed by atoms with Gasteiger partial charge in [0, 0.05) is 22.5 Å². The van der Waals surface area contributed by atoms with E-state index in [4.69, 9.17) is 5.73 Å². The lowest BCUT2D eigenvalue weighted by molar-refractivity contribution is 0.100. The highest BCUT2D eigenvalue weighted by molar-refractivity contribution is 8.00. The Bertz CT molecular complexity index is 394. The summed E-state index contributed by atoms with van der Waals surface area (Å²) in [4.78, 5) is 11.0. The van der Waals surface area contributed by atoms with E-state index >= 15 is 0 Å². The molecule has 0 radical (unpaired) electrons. The van der Waals surface area contributed by atoms with Crippen LogP contribution in [0.5, 0.6) is 0 Å². The number of rotatable bonds is 3. The molecule has 4 heteroatoms. The number of carbonyl (C=O) groups is 1. The third-order valence-corrected chi connectivity index (χ3v) is 4.20. The summed E-state index contributed by atoms with van der Waals surface area (Å²) in [6.07, 6.45) is 1.17. The van der Waals surface area contributed by atoms with Gasteiger partial charge >= 0.3 is 0 Å². The topological polar surface area (TPSA) is 55.1 Å². The van der Waals surface area contributed by atoms with E-state index < -0.39 is 0 Å². The average Bonchev–Trinajstić information content (AvgIpc) is 2.65. The lowest BCUT2D eigenvalue weighted by Crippen LogP contribution is -2.24. The van der Waals surface area contributed by atoms with Crippen molar-refractivity contribution in [3.05, 3.63) is 29.8 Å². The maximum atomic E-state index is 11.0. The number of nitrogens with two attached hydrogens (primary N) is 1. The number of thioether (sulfide) groups is 1. The highest BCUT2D eigenvalue weighted by Crippen LogP contribution is 2.28. The summed E-state index contributed by atoms with van der Waals surface area (Å²) in [6, 6.07) is 7.88. The third-order valence-electron chi connectivity index (χ3n) is 2.88. The summed E-state index contributed by atoms with van der Waals surface area (Å²) in [6.45, 7) is 2.23. The van der Waals surface area contributed by atoms with Gasteiger partial charge in [0.05, 0.1) is 0 Å². The van der Waals surface area contributed by atoms with Crippen LogP contribution in [-0.4, -0.2) is 23.0 Å². The number of hydrogen-bond acceptors (Lipinski definition) is 3. The van der Waals surface area contributed by atoms with Crippen molar-refractivity contribution in [1.29, 1.82) is 0 Å². The minimum Gasteiger partial charge on any atom is -0.381 e. The normalized spacial score (nSPS) is 24.3. The molecule has 1 amide bonds. The molecule has 1 heterocycles. The summed E-state index contributed by atoms with van der Waals surface area (Å²) in [5, 5.41) is 4.08. The van der Waals surface area contributed by atoms with Gasteiger partial charge in [0.2, 0.25) is 5.91 Å². The van der Waals surface area contributed by atoms with Gasteiger partial charge in [-0.05, 0) is 30.4 Å². The Morgan fingerprint density at radius 3 is 3.00 bits per heavy atom. The molecule has 2 unspecified atom stereocenters. The summed E-state index contributed by atoms with van der Waals surface area (Å²) in [5.74, 6) is 0.825. The molecule has 1 aliphatic rings. The van der Waals surface area contributed by atoms with E-state index in [1.807, 2.05) is 30.0 Å². The fourth-order valence-corrected chi connectivity index (χ4v) is 3.10. The molecule has 0 saturated carbocycles. The first-order valence-electron chi connectivity index (χ1n) is 5.45. The first-order valence-corrected chi connectivity index (χ1v) is 6.49. The van der Waals surface area contributed by atoms with Crippen molar-refractivity contribution in [3.8, 4) is 0 Å². The van der Waals surface area contributed by atoms with Crippen molar-refractivity contribution in [2.75, 3.05) is 11.1 Å². The highest BCUT2D eigenvalue weighted by Gasteiger charge is 2.23. The smallest absolute Gasteiger partial charge is 0.248 e. The molecule has 0 aromatic heterocycles. The Hall–Kier alpha value is -1.16. The van der Waals surface area contributed by atoms with E-state index in [9.17, 15) is 4.79 Å². The SMILES string of the molecule is CC1SCCC1Nc1cccc(C(N)=O)c1. The van der Waals surface area contributed by atoms with Gasteiger partial charge in [-0.3, -0.25) is 4.79 Å². The second kappa shape index (κ2) is 4.78. The van der Waals surface area contributed by atoms with Crippen LogP contribution in [0.25, 0.3) is 0 Å². The predicted octanol–water partition coefficient (Wildman–Crippen LogP) is 2.09. The van der Waals surface area contributed by atoms with Crippen LogP contribution in [-0.2, 0) is 0 Å². The third kappa shape index (κ3) is 2.50. The number of nitrogens with one attached hydrogen (secondary N) is 1. The zero-order valence-electron chi connectivity index (χ0n) is 9.27. The largest absolute Gasteiger partial charge is 0.381 e. The van der Waals surface area contributed by atoms with Gasteiger partial charge in [-0.2, -0.15) is 11.8 Å². The van der Waals surface area contributed by atoms with Crippen molar-refractivity contribution < 1.29 is 4.79 Å². The predicted molar refractivity (Wildman–Crippen MR) is 68.9 cm³/mol. The first kappa shape index (κ1) is 11.3. The molecule has 2 rings (SSSR count). The van der Waals surface area contributed by atoms with Gasteiger partial charge in [0.1, 0.15) is 0 Å². The quantitative estimate of drug-likeness (QED) is 0.845. The lowest BCUT2D eigenvalue weighted by atomic mass is 10.1. The van der Waals surface area contributed by atoms with Crippen LogP contribution in [0, 0.1) is 0 Å². The zero-order chi connectivity index (χ0) is 11.5. The van der Waals surface area contributed by atoms with Crippen molar-refractivity contribution in [3.63, 3.8) is 0 Å². The molecule has 86 valence electrons. The minimum absolute atomic E-state index is 0.377. The Morgan fingerprint density at radius 2 is 2.38 bits per heavy atom. The number of carbonyl (C=O) groups excluding carboxylic acids is 1. The maximum Gasteiger partial charge on any atom is 0.248 e. The Morgan fingerprint density at radius 1 is 1.56 bits per heavy atom. The number of hydrogen-bond donors (Lipinski definition) is 2. The van der Waals surface area contributed by atoms with Crippen molar-refractivity contribution in [2.24, 2.45) is 5.73 Å². The van der Waals surface area contributed by atoms with Crippen LogP contribution in [0.15, 0.2) is 24.3 Å². The van der Waals surface area contributed by atoms with E-state index in [0.29, 0.717) is 16.9 Å². The summed E-state index contributed by atoms with van der Waals surface area (Å²) >= 11 is 1.98. The molecule has 1 aliphatic heterocycles. The number of anilines is 1. The van der Waals surface area contributed by atoms with Gasteiger partial charge in [0.25, 0.3) is 0 Å². The Balaban J connectivity index is 2.09. The van der Waals surface area contributed by atoms with E-state index in [0.717, 1.165) is 5.69 Å². The monoisotopic (exact) mass is 236 g/mol. The van der Waals surface area contributed by atoms with Crippen LogP contribution >= 0.6 is 11.8 Å². The standard InChI is InChI=1S/C12H16N2OS/c1-8-11(5-6-16-8)14-10-4-2-3-9(7-10)12(13)15/h2-4,7-8,11,14H,5-6H2,1H3,(H2,13,15). The van der Waals surface area contributed by atoms with Gasteiger partial charge in [-0.25, -0.2) is 0 Å². The van der Waals surface area contributed by atoms with Gasteiger partial charge < -0.3 is 11.1 Å². The van der Waals surface area contributed by atoms with Crippen LogP contribution < -0.4 is 11.1 Å². The van der Waals surface area contributed by atoms with Gasteiger partial charge in [-0.15, -0.1) is 0 Å². The molecule has 2 atom stereocenters. The molecule has 0 bridgehead atoms. The number of primary amides is 1. The van der Waals surface area contributed by atoms with E-state index in [2.05, 4.69) is 12.2 Å². The molecule has 16 heavy (non-hydrogen) atoms. The zero-order valence-corrected chi connectivity index (χ0v) is 10.1. The van der Waals surface area contributed by atoms with Crippen LogP contribution in [0.1, 0.15) is 23.7 Å². The summed E-state index contributed by atoms with van der Waals surface area (Å²) < 4.78 is 0. The fourth-order valence-electron chi connectivity index (χ4n) is 1.90. The van der Waals surface area contributed by atoms with Crippen molar-refractivity contribution in [1.82, 2.24) is 0 Å². The summed E-state index contributed by atoms with van der Waals surface area (Å²) in [5.41, 5.74) is 6.79.